The highest BCUT2D eigenvalue weighted by atomic mass is 35.5. The van der Waals surface area contributed by atoms with Gasteiger partial charge in [-0.3, -0.25) is 0 Å². The number of aryl methyl sites for hydroxylation is 1. The summed E-state index contributed by atoms with van der Waals surface area (Å²) in [6.07, 6.45) is 0. The summed E-state index contributed by atoms with van der Waals surface area (Å²) in [6.45, 7) is 2.04. The van der Waals surface area contributed by atoms with Crippen molar-refractivity contribution < 1.29 is 0 Å². The second-order valence-electron chi connectivity index (χ2n) is 5.00. The van der Waals surface area contributed by atoms with Crippen LogP contribution in [0.15, 0.2) is 47.8 Å². The zero-order valence-electron chi connectivity index (χ0n) is 11.3. The average Bonchev–Trinajstić information content (AvgIpc) is 2.92. The molecule has 4 rings (SSSR count). The van der Waals surface area contributed by atoms with Crippen LogP contribution in [0.2, 0.25) is 5.15 Å². The molecule has 0 fully saturated rings. The molecule has 0 bridgehead atoms. The quantitative estimate of drug-likeness (QED) is 0.435. The van der Waals surface area contributed by atoms with Gasteiger partial charge < -0.3 is 0 Å². The molecule has 2 aromatic heterocycles. The molecule has 0 N–H and O–H groups in total. The first kappa shape index (κ1) is 12.7. The van der Waals surface area contributed by atoms with Gasteiger partial charge in [0.05, 0.1) is 5.52 Å². The lowest BCUT2D eigenvalue weighted by atomic mass is 10.1. The normalized spacial score (nSPS) is 11.3. The maximum absolute atomic E-state index is 6.35. The van der Waals surface area contributed by atoms with Crippen molar-refractivity contribution in [1.82, 2.24) is 9.97 Å². The van der Waals surface area contributed by atoms with E-state index in [9.17, 15) is 0 Å². The lowest BCUT2D eigenvalue weighted by Crippen LogP contribution is -1.91. The first-order chi connectivity index (χ1) is 10.2. The van der Waals surface area contributed by atoms with Crippen LogP contribution in [0.1, 0.15) is 5.56 Å². The number of hydrogen-bond acceptors (Lipinski definition) is 3. The van der Waals surface area contributed by atoms with E-state index in [0.29, 0.717) is 11.0 Å². The fourth-order valence-corrected chi connectivity index (χ4v) is 3.65. The van der Waals surface area contributed by atoms with Crippen LogP contribution in [-0.4, -0.2) is 9.97 Å². The highest BCUT2D eigenvalue weighted by molar-refractivity contribution is 7.17. The van der Waals surface area contributed by atoms with E-state index < -0.39 is 0 Å². The lowest BCUT2D eigenvalue weighted by Gasteiger charge is -2.05. The highest BCUT2D eigenvalue weighted by Crippen LogP contribution is 2.33. The number of benzene rings is 2. The smallest absolute Gasteiger partial charge is 0.162 e. The predicted octanol–water partition coefficient (Wildman–Crippen LogP) is 5.47. The number of hydrogen-bond donors (Lipinski definition) is 0. The summed E-state index contributed by atoms with van der Waals surface area (Å²) in [6, 6.07) is 14.3. The standard InChI is InChI=1S/C17H11ClN2S/c1-10-6-7-14-12(8-10)16(18)20-17(19-14)13-9-21-15-5-3-2-4-11(13)15/h2-9H,1H3. The maximum Gasteiger partial charge on any atom is 0.162 e. The van der Waals surface area contributed by atoms with E-state index in [-0.39, 0.29) is 0 Å². The van der Waals surface area contributed by atoms with Gasteiger partial charge >= 0.3 is 0 Å². The maximum atomic E-state index is 6.35. The molecule has 0 saturated carbocycles. The fourth-order valence-electron chi connectivity index (χ4n) is 2.48. The van der Waals surface area contributed by atoms with Crippen LogP contribution < -0.4 is 0 Å². The largest absolute Gasteiger partial charge is 0.228 e. The molecule has 0 amide bonds. The molecule has 4 heteroatoms. The monoisotopic (exact) mass is 310 g/mol. The summed E-state index contributed by atoms with van der Waals surface area (Å²) in [5.41, 5.74) is 3.08. The van der Waals surface area contributed by atoms with Gasteiger partial charge in [0.2, 0.25) is 0 Å². The Morgan fingerprint density at radius 3 is 2.76 bits per heavy atom. The summed E-state index contributed by atoms with van der Waals surface area (Å²) in [4.78, 5) is 9.18. The Balaban J connectivity index is 2.00. The Hall–Kier alpha value is -1.97. The van der Waals surface area contributed by atoms with Crippen LogP contribution in [-0.2, 0) is 0 Å². The Morgan fingerprint density at radius 1 is 1.00 bits per heavy atom. The molecule has 2 aromatic carbocycles. The average molecular weight is 311 g/mol. The Morgan fingerprint density at radius 2 is 1.86 bits per heavy atom. The van der Waals surface area contributed by atoms with Crippen LogP contribution in [0.25, 0.3) is 32.4 Å². The van der Waals surface area contributed by atoms with Crippen LogP contribution in [0.5, 0.6) is 0 Å². The molecule has 0 saturated heterocycles. The number of aromatic nitrogens is 2. The third kappa shape index (κ3) is 2.09. The van der Waals surface area contributed by atoms with Crippen molar-refractivity contribution in [2.75, 3.05) is 0 Å². The lowest BCUT2D eigenvalue weighted by molar-refractivity contribution is 1.23. The van der Waals surface area contributed by atoms with E-state index in [4.69, 9.17) is 11.6 Å². The topological polar surface area (TPSA) is 25.8 Å². The van der Waals surface area contributed by atoms with E-state index >= 15 is 0 Å². The van der Waals surface area contributed by atoms with Gasteiger partial charge in [0, 0.05) is 26.4 Å². The minimum Gasteiger partial charge on any atom is -0.228 e. The zero-order valence-corrected chi connectivity index (χ0v) is 12.9. The van der Waals surface area contributed by atoms with Crippen molar-refractivity contribution in [2.45, 2.75) is 6.92 Å². The third-order valence-electron chi connectivity index (χ3n) is 3.53. The summed E-state index contributed by atoms with van der Waals surface area (Å²) in [5.74, 6) is 0.689. The zero-order chi connectivity index (χ0) is 14.4. The van der Waals surface area contributed by atoms with Gasteiger partial charge in [-0.15, -0.1) is 11.3 Å². The number of halogens is 1. The predicted molar refractivity (Wildman–Crippen MR) is 90.1 cm³/mol. The first-order valence-corrected chi connectivity index (χ1v) is 7.88. The molecule has 21 heavy (non-hydrogen) atoms. The molecule has 0 aliphatic rings. The highest BCUT2D eigenvalue weighted by Gasteiger charge is 2.12. The van der Waals surface area contributed by atoms with Crippen molar-refractivity contribution in [1.29, 1.82) is 0 Å². The van der Waals surface area contributed by atoms with E-state index in [1.807, 2.05) is 37.3 Å². The Kier molecular flexibility index (Phi) is 2.91. The van der Waals surface area contributed by atoms with Crippen molar-refractivity contribution in [3.05, 3.63) is 58.6 Å². The molecule has 4 aromatic rings. The molecule has 0 atom stereocenters. The molecular formula is C17H11ClN2S. The van der Waals surface area contributed by atoms with Gasteiger partial charge in [-0.05, 0) is 25.1 Å². The Labute approximate surface area is 131 Å². The third-order valence-corrected chi connectivity index (χ3v) is 4.78. The first-order valence-electron chi connectivity index (χ1n) is 6.63. The fraction of sp³-hybridized carbons (Fsp3) is 0.0588. The van der Waals surface area contributed by atoms with E-state index in [1.54, 1.807) is 11.3 Å². The molecule has 2 heterocycles. The van der Waals surface area contributed by atoms with Crippen LogP contribution in [0, 0.1) is 6.92 Å². The van der Waals surface area contributed by atoms with Gasteiger partial charge in [-0.2, -0.15) is 0 Å². The number of thiophene rings is 1. The van der Waals surface area contributed by atoms with Gasteiger partial charge in [0.1, 0.15) is 5.15 Å². The molecule has 0 radical (unpaired) electrons. The summed E-state index contributed by atoms with van der Waals surface area (Å²) < 4.78 is 1.23. The summed E-state index contributed by atoms with van der Waals surface area (Å²) in [5, 5.41) is 4.68. The molecule has 0 aliphatic heterocycles. The second-order valence-corrected chi connectivity index (χ2v) is 6.27. The van der Waals surface area contributed by atoms with Gasteiger partial charge in [0.15, 0.2) is 5.82 Å². The van der Waals surface area contributed by atoms with Gasteiger partial charge in [-0.25, -0.2) is 9.97 Å². The van der Waals surface area contributed by atoms with Gasteiger partial charge in [0.25, 0.3) is 0 Å². The minimum absolute atomic E-state index is 0.508. The summed E-state index contributed by atoms with van der Waals surface area (Å²) in [7, 11) is 0. The van der Waals surface area contributed by atoms with Gasteiger partial charge in [-0.1, -0.05) is 41.4 Å². The molecule has 102 valence electrons. The summed E-state index contributed by atoms with van der Waals surface area (Å²) >= 11 is 8.05. The van der Waals surface area contributed by atoms with E-state index in [2.05, 4.69) is 27.5 Å². The van der Waals surface area contributed by atoms with Crippen LogP contribution in [0.4, 0.5) is 0 Å². The van der Waals surface area contributed by atoms with E-state index in [1.165, 1.54) is 10.1 Å². The van der Waals surface area contributed by atoms with Crippen molar-refractivity contribution in [3.8, 4) is 11.4 Å². The molecule has 0 aliphatic carbocycles. The van der Waals surface area contributed by atoms with Crippen molar-refractivity contribution in [2.24, 2.45) is 0 Å². The van der Waals surface area contributed by atoms with Crippen LogP contribution in [0.3, 0.4) is 0 Å². The second kappa shape index (κ2) is 4.79. The van der Waals surface area contributed by atoms with Crippen molar-refractivity contribution in [3.63, 3.8) is 0 Å². The minimum atomic E-state index is 0.508. The van der Waals surface area contributed by atoms with Crippen molar-refractivity contribution >= 4 is 43.9 Å². The Bertz CT molecular complexity index is 975. The SMILES string of the molecule is Cc1ccc2nc(-c3csc4ccccc34)nc(Cl)c2c1. The number of rotatable bonds is 1. The van der Waals surface area contributed by atoms with E-state index in [0.717, 1.165) is 22.0 Å². The number of nitrogens with zero attached hydrogens (tertiary/aromatic N) is 2. The molecular weight excluding hydrogens is 300 g/mol. The molecule has 0 spiro atoms. The molecule has 2 nitrogen and oxygen atoms in total. The van der Waals surface area contributed by atoms with Crippen LogP contribution >= 0.6 is 22.9 Å². The molecule has 0 unspecified atom stereocenters. The number of fused-ring (bicyclic) bond motifs is 2.